The van der Waals surface area contributed by atoms with Gasteiger partial charge in [-0.2, -0.15) is 0 Å². The molecule has 0 fully saturated rings. The van der Waals surface area contributed by atoms with Gasteiger partial charge in [0.25, 0.3) is 0 Å². The predicted octanol–water partition coefficient (Wildman–Crippen LogP) is 4.98. The van der Waals surface area contributed by atoms with Crippen molar-refractivity contribution in [1.29, 1.82) is 0 Å². The minimum absolute atomic E-state index is 0. The molecule has 0 saturated carbocycles. The molecule has 20 heavy (non-hydrogen) atoms. The van der Waals surface area contributed by atoms with Gasteiger partial charge in [0.1, 0.15) is 11.6 Å². The summed E-state index contributed by atoms with van der Waals surface area (Å²) in [4.78, 5) is 8.81. The molecule has 3 nitrogen and oxygen atoms in total. The first-order valence-electron chi connectivity index (χ1n) is 7.28. The molecule has 2 aromatic rings. The van der Waals surface area contributed by atoms with Gasteiger partial charge < -0.3 is 5.32 Å². The van der Waals surface area contributed by atoms with E-state index in [9.17, 15) is 0 Å². The van der Waals surface area contributed by atoms with Crippen LogP contribution in [0.2, 0.25) is 0 Å². The van der Waals surface area contributed by atoms with Crippen molar-refractivity contribution in [3.05, 3.63) is 46.9 Å². The molecule has 1 aromatic carbocycles. The highest BCUT2D eigenvalue weighted by atomic mass is 15.0. The third kappa shape index (κ3) is 4.05. The molecule has 0 spiro atoms. The van der Waals surface area contributed by atoms with Crippen molar-refractivity contribution in [2.45, 2.75) is 48.0 Å². The minimum atomic E-state index is 0. The average Bonchev–Trinajstić information content (AvgIpc) is 2.45. The number of rotatable bonds is 3. The second-order valence-electron chi connectivity index (χ2n) is 4.52. The van der Waals surface area contributed by atoms with Gasteiger partial charge in [-0.05, 0) is 44.4 Å². The maximum atomic E-state index is 4.43. The molecule has 0 amide bonds. The Hall–Kier alpha value is -1.90. The van der Waals surface area contributed by atoms with Crippen molar-refractivity contribution in [3.63, 3.8) is 0 Å². The molecule has 2 rings (SSSR count). The summed E-state index contributed by atoms with van der Waals surface area (Å²) in [6.07, 6.45) is 0.921. The van der Waals surface area contributed by atoms with Crippen LogP contribution in [0, 0.1) is 20.8 Å². The summed E-state index contributed by atoms with van der Waals surface area (Å²) in [5, 5.41) is 3.38. The van der Waals surface area contributed by atoms with Crippen molar-refractivity contribution in [1.82, 2.24) is 9.97 Å². The van der Waals surface area contributed by atoms with Crippen LogP contribution < -0.4 is 5.32 Å². The highest BCUT2D eigenvalue weighted by molar-refractivity contribution is 5.62. The number of hydrogen-bond acceptors (Lipinski definition) is 3. The quantitative estimate of drug-likeness (QED) is 0.857. The van der Waals surface area contributed by atoms with E-state index in [0.717, 1.165) is 29.4 Å². The zero-order chi connectivity index (χ0) is 15.1. The molecule has 110 valence electrons. The van der Waals surface area contributed by atoms with E-state index in [2.05, 4.69) is 54.3 Å². The molecule has 0 unspecified atom stereocenters. The summed E-state index contributed by atoms with van der Waals surface area (Å²) >= 11 is 0. The first-order chi connectivity index (χ1) is 9.60. The van der Waals surface area contributed by atoms with Crippen LogP contribution in [0.3, 0.4) is 0 Å². The smallest absolute Gasteiger partial charge is 0.134 e. The Morgan fingerprint density at radius 1 is 1.10 bits per heavy atom. The normalized spacial score (nSPS) is 9.70. The third-order valence-electron chi connectivity index (χ3n) is 3.12. The largest absolute Gasteiger partial charge is 0.340 e. The Morgan fingerprint density at radius 3 is 2.45 bits per heavy atom. The standard InChI is InChI=1S/C15H19N3.C2H6.H2/c1-5-13-9-15(17-12(4)16-13)18-14-8-6-7-10(2)11(14)3;1-2;/h6-9H,5H2,1-4H3,(H,16,17,18);1-2H3;1H. The van der Waals surface area contributed by atoms with Crippen LogP contribution in [-0.2, 0) is 6.42 Å². The Morgan fingerprint density at radius 2 is 1.80 bits per heavy atom. The molecule has 0 aliphatic rings. The van der Waals surface area contributed by atoms with Crippen LogP contribution in [0.4, 0.5) is 11.5 Å². The van der Waals surface area contributed by atoms with E-state index < -0.39 is 0 Å². The van der Waals surface area contributed by atoms with Crippen molar-refractivity contribution in [2.75, 3.05) is 5.32 Å². The van der Waals surface area contributed by atoms with E-state index in [4.69, 9.17) is 0 Å². The molecule has 3 heteroatoms. The molecule has 0 atom stereocenters. The molecule has 0 radical (unpaired) electrons. The third-order valence-corrected chi connectivity index (χ3v) is 3.12. The van der Waals surface area contributed by atoms with Gasteiger partial charge in [-0.1, -0.05) is 32.9 Å². The molecule has 1 aromatic heterocycles. The molecule has 1 N–H and O–H groups in total. The van der Waals surface area contributed by atoms with Gasteiger partial charge in [-0.25, -0.2) is 9.97 Å². The molecule has 0 aliphatic carbocycles. The first-order valence-corrected chi connectivity index (χ1v) is 7.28. The van der Waals surface area contributed by atoms with Gasteiger partial charge in [0.2, 0.25) is 0 Å². The topological polar surface area (TPSA) is 37.8 Å². The Balaban J connectivity index is 0.00000128. The number of benzene rings is 1. The second kappa shape index (κ2) is 7.63. The molecule has 0 bridgehead atoms. The Kier molecular flexibility index (Phi) is 6.16. The number of nitrogens with zero attached hydrogens (tertiary/aromatic N) is 2. The zero-order valence-electron chi connectivity index (χ0n) is 13.4. The monoisotopic (exact) mass is 273 g/mol. The number of nitrogens with one attached hydrogen (secondary N) is 1. The fraction of sp³-hybridized carbons (Fsp3) is 0.412. The van der Waals surface area contributed by atoms with Gasteiger partial charge in [-0.3, -0.25) is 0 Å². The summed E-state index contributed by atoms with van der Waals surface area (Å²) < 4.78 is 0. The van der Waals surface area contributed by atoms with E-state index in [1.165, 1.54) is 11.1 Å². The highest BCUT2D eigenvalue weighted by Crippen LogP contribution is 2.22. The van der Waals surface area contributed by atoms with Crippen LogP contribution in [0.5, 0.6) is 0 Å². The van der Waals surface area contributed by atoms with Gasteiger partial charge in [-0.15, -0.1) is 0 Å². The Bertz CT molecular complexity index is 568. The van der Waals surface area contributed by atoms with Crippen LogP contribution in [-0.4, -0.2) is 9.97 Å². The number of aryl methyl sites for hydroxylation is 3. The van der Waals surface area contributed by atoms with Gasteiger partial charge in [0.05, 0.1) is 0 Å². The van der Waals surface area contributed by atoms with E-state index in [0.29, 0.717) is 0 Å². The highest BCUT2D eigenvalue weighted by Gasteiger charge is 2.04. The molecule has 0 aliphatic heterocycles. The lowest BCUT2D eigenvalue weighted by Gasteiger charge is -2.11. The average molecular weight is 273 g/mol. The molecular formula is C17H27N3. The van der Waals surface area contributed by atoms with Crippen LogP contribution >= 0.6 is 0 Å². The van der Waals surface area contributed by atoms with E-state index >= 15 is 0 Å². The van der Waals surface area contributed by atoms with Crippen LogP contribution in [0.15, 0.2) is 24.3 Å². The van der Waals surface area contributed by atoms with E-state index in [1.807, 2.05) is 26.8 Å². The summed E-state index contributed by atoms with van der Waals surface area (Å²) in [6, 6.07) is 8.25. The molecular weight excluding hydrogens is 246 g/mol. The second-order valence-corrected chi connectivity index (χ2v) is 4.52. The van der Waals surface area contributed by atoms with Crippen LogP contribution in [0.1, 0.15) is 44.8 Å². The SMILES string of the molecule is CC.CCc1cc(Nc2cccc(C)c2C)nc(C)n1.[HH]. The van der Waals surface area contributed by atoms with Crippen LogP contribution in [0.25, 0.3) is 0 Å². The molecule has 0 saturated heterocycles. The fourth-order valence-corrected chi connectivity index (χ4v) is 1.90. The summed E-state index contributed by atoms with van der Waals surface area (Å²) in [5.74, 6) is 1.68. The van der Waals surface area contributed by atoms with Crippen molar-refractivity contribution < 1.29 is 1.43 Å². The maximum Gasteiger partial charge on any atom is 0.134 e. The number of anilines is 2. The van der Waals surface area contributed by atoms with Crippen molar-refractivity contribution >= 4 is 11.5 Å². The fourth-order valence-electron chi connectivity index (χ4n) is 1.90. The number of aromatic nitrogens is 2. The van der Waals surface area contributed by atoms with Crippen molar-refractivity contribution in [3.8, 4) is 0 Å². The van der Waals surface area contributed by atoms with Crippen molar-refractivity contribution in [2.24, 2.45) is 0 Å². The van der Waals surface area contributed by atoms with E-state index in [-0.39, 0.29) is 1.43 Å². The van der Waals surface area contributed by atoms with Gasteiger partial charge in [0.15, 0.2) is 0 Å². The summed E-state index contributed by atoms with van der Waals surface area (Å²) in [7, 11) is 0. The molecule has 1 heterocycles. The van der Waals surface area contributed by atoms with E-state index in [1.54, 1.807) is 0 Å². The lowest BCUT2D eigenvalue weighted by atomic mass is 10.1. The Labute approximate surface area is 124 Å². The maximum absolute atomic E-state index is 4.43. The van der Waals surface area contributed by atoms with Gasteiger partial charge >= 0.3 is 0 Å². The zero-order valence-corrected chi connectivity index (χ0v) is 13.4. The summed E-state index contributed by atoms with van der Waals surface area (Å²) in [6.45, 7) is 12.3. The number of hydrogen-bond donors (Lipinski definition) is 1. The predicted molar refractivity (Wildman–Crippen MR) is 88.8 cm³/mol. The van der Waals surface area contributed by atoms with Gasteiger partial charge in [0, 0.05) is 18.9 Å². The minimum Gasteiger partial charge on any atom is -0.340 e. The first kappa shape index (κ1) is 16.2. The summed E-state index contributed by atoms with van der Waals surface area (Å²) in [5.41, 5.74) is 4.71. The lowest BCUT2D eigenvalue weighted by Crippen LogP contribution is -2.01. The lowest BCUT2D eigenvalue weighted by molar-refractivity contribution is 0.952.